The predicted molar refractivity (Wildman–Crippen MR) is 63.2 cm³/mol. The van der Waals surface area contributed by atoms with E-state index in [1.54, 1.807) is 0 Å². The van der Waals surface area contributed by atoms with Crippen molar-refractivity contribution in [3.63, 3.8) is 0 Å². The predicted octanol–water partition coefficient (Wildman–Crippen LogP) is 4.44. The fourth-order valence-electron chi connectivity index (χ4n) is 1.60. The molecule has 0 heterocycles. The van der Waals surface area contributed by atoms with Gasteiger partial charge >= 0.3 is 0 Å². The molecule has 0 saturated carbocycles. The minimum atomic E-state index is -1.38. The van der Waals surface area contributed by atoms with Crippen molar-refractivity contribution in [1.29, 1.82) is 0 Å². The average Bonchev–Trinajstić information content (AvgIpc) is 2.35. The Kier molecular flexibility index (Phi) is 3.22. The molecule has 0 radical (unpaired) electrons. The van der Waals surface area contributed by atoms with Gasteiger partial charge in [0.1, 0.15) is 5.82 Å². The second-order valence-electron chi connectivity index (χ2n) is 3.82. The number of aromatic hydroxyl groups is 1. The lowest BCUT2D eigenvalue weighted by molar-refractivity contribution is 0.408. The zero-order chi connectivity index (χ0) is 13.4. The third kappa shape index (κ3) is 1.93. The zero-order valence-corrected chi connectivity index (χ0v) is 10.0. The van der Waals surface area contributed by atoms with Crippen LogP contribution in [0.15, 0.2) is 24.3 Å². The summed E-state index contributed by atoms with van der Waals surface area (Å²) >= 11 is 5.77. The second-order valence-corrected chi connectivity index (χ2v) is 4.20. The van der Waals surface area contributed by atoms with Crippen molar-refractivity contribution in [3.05, 3.63) is 52.3 Å². The molecular formula is C13H8ClF3O. The zero-order valence-electron chi connectivity index (χ0n) is 9.27. The van der Waals surface area contributed by atoms with Gasteiger partial charge in [-0.05, 0) is 24.6 Å². The van der Waals surface area contributed by atoms with Crippen LogP contribution in [-0.2, 0) is 0 Å². The molecule has 5 heteroatoms. The van der Waals surface area contributed by atoms with Crippen LogP contribution in [0.5, 0.6) is 5.75 Å². The van der Waals surface area contributed by atoms with E-state index in [1.165, 1.54) is 19.1 Å². The largest absolute Gasteiger partial charge is 0.505 e. The van der Waals surface area contributed by atoms with Gasteiger partial charge in [0.2, 0.25) is 5.82 Å². The van der Waals surface area contributed by atoms with Crippen LogP contribution in [0.3, 0.4) is 0 Å². The van der Waals surface area contributed by atoms with Gasteiger partial charge in [-0.3, -0.25) is 0 Å². The Balaban J connectivity index is 2.71. The molecule has 0 aliphatic heterocycles. The molecule has 0 fully saturated rings. The number of rotatable bonds is 1. The number of halogens is 4. The smallest absolute Gasteiger partial charge is 0.200 e. The maximum atomic E-state index is 13.6. The maximum Gasteiger partial charge on any atom is 0.200 e. The van der Waals surface area contributed by atoms with E-state index in [0.717, 1.165) is 12.1 Å². The Bertz CT molecular complexity index is 571. The van der Waals surface area contributed by atoms with E-state index in [4.69, 9.17) is 16.7 Å². The molecule has 0 unspecified atom stereocenters. The van der Waals surface area contributed by atoms with Gasteiger partial charge in [0.05, 0.1) is 5.02 Å². The molecular weight excluding hydrogens is 265 g/mol. The summed E-state index contributed by atoms with van der Waals surface area (Å²) in [7, 11) is 0. The first kappa shape index (κ1) is 12.8. The first-order valence-electron chi connectivity index (χ1n) is 5.05. The molecule has 2 rings (SSSR count). The number of hydrogen-bond donors (Lipinski definition) is 1. The van der Waals surface area contributed by atoms with Gasteiger partial charge in [0.15, 0.2) is 11.6 Å². The van der Waals surface area contributed by atoms with Crippen LogP contribution in [0.1, 0.15) is 5.56 Å². The lowest BCUT2D eigenvalue weighted by atomic mass is 10.0. The van der Waals surface area contributed by atoms with Crippen molar-refractivity contribution >= 4 is 11.6 Å². The highest BCUT2D eigenvalue weighted by molar-refractivity contribution is 6.33. The molecule has 0 spiro atoms. The van der Waals surface area contributed by atoms with Crippen molar-refractivity contribution in [2.24, 2.45) is 0 Å². The summed E-state index contributed by atoms with van der Waals surface area (Å²) in [5, 5.41) is 8.74. The van der Waals surface area contributed by atoms with Gasteiger partial charge in [-0.2, -0.15) is 4.39 Å². The van der Waals surface area contributed by atoms with Crippen LogP contribution in [0.25, 0.3) is 11.1 Å². The van der Waals surface area contributed by atoms with Crippen LogP contribution in [0.4, 0.5) is 13.2 Å². The van der Waals surface area contributed by atoms with Gasteiger partial charge in [0, 0.05) is 11.1 Å². The molecule has 0 amide bonds. The molecule has 2 aromatic rings. The molecule has 1 nitrogen and oxygen atoms in total. The van der Waals surface area contributed by atoms with Gasteiger partial charge in [0.25, 0.3) is 0 Å². The van der Waals surface area contributed by atoms with Gasteiger partial charge in [-0.15, -0.1) is 0 Å². The number of aryl methyl sites for hydroxylation is 1. The summed E-state index contributed by atoms with van der Waals surface area (Å²) in [6, 6.07) is 4.95. The number of phenols is 1. The van der Waals surface area contributed by atoms with E-state index in [0.29, 0.717) is 5.56 Å². The van der Waals surface area contributed by atoms with E-state index in [9.17, 15) is 13.2 Å². The SMILES string of the molecule is Cc1ccc(-c2ccc(O)c(F)c2F)c(Cl)c1F. The van der Waals surface area contributed by atoms with Gasteiger partial charge < -0.3 is 5.11 Å². The van der Waals surface area contributed by atoms with Crippen LogP contribution in [-0.4, -0.2) is 5.11 Å². The highest BCUT2D eigenvalue weighted by Crippen LogP contribution is 2.35. The Morgan fingerprint density at radius 2 is 1.50 bits per heavy atom. The molecule has 1 N–H and O–H groups in total. The molecule has 0 aliphatic rings. The summed E-state index contributed by atoms with van der Waals surface area (Å²) in [4.78, 5) is 0. The first-order chi connectivity index (χ1) is 8.43. The van der Waals surface area contributed by atoms with Crippen molar-refractivity contribution in [3.8, 4) is 16.9 Å². The third-order valence-electron chi connectivity index (χ3n) is 2.63. The minimum absolute atomic E-state index is 0.0381. The summed E-state index contributed by atoms with van der Waals surface area (Å²) in [5.74, 6) is -4.13. The lowest BCUT2D eigenvalue weighted by Gasteiger charge is -2.09. The van der Waals surface area contributed by atoms with E-state index in [2.05, 4.69) is 0 Å². The van der Waals surface area contributed by atoms with E-state index in [-0.39, 0.29) is 16.1 Å². The molecule has 0 aliphatic carbocycles. The molecule has 0 bridgehead atoms. The van der Waals surface area contributed by atoms with Crippen molar-refractivity contribution < 1.29 is 18.3 Å². The summed E-state index contributed by atoms with van der Waals surface area (Å²) in [6.07, 6.45) is 0. The molecule has 0 atom stereocenters. The van der Waals surface area contributed by atoms with Crippen molar-refractivity contribution in [1.82, 2.24) is 0 Å². The van der Waals surface area contributed by atoms with Crippen molar-refractivity contribution in [2.75, 3.05) is 0 Å². The number of phenolic OH excluding ortho intramolecular Hbond substituents is 1. The van der Waals surface area contributed by atoms with Crippen LogP contribution in [0, 0.1) is 24.4 Å². The van der Waals surface area contributed by atoms with Crippen LogP contribution in [0.2, 0.25) is 5.02 Å². The third-order valence-corrected chi connectivity index (χ3v) is 3.00. The molecule has 2 aromatic carbocycles. The Labute approximate surface area is 106 Å². The lowest BCUT2D eigenvalue weighted by Crippen LogP contribution is -1.93. The van der Waals surface area contributed by atoms with Crippen LogP contribution < -0.4 is 0 Å². The maximum absolute atomic E-state index is 13.6. The Morgan fingerprint density at radius 1 is 0.889 bits per heavy atom. The fourth-order valence-corrected chi connectivity index (χ4v) is 1.92. The van der Waals surface area contributed by atoms with Crippen LogP contribution >= 0.6 is 11.6 Å². The van der Waals surface area contributed by atoms with Crippen molar-refractivity contribution in [2.45, 2.75) is 6.92 Å². The Morgan fingerprint density at radius 3 is 2.17 bits per heavy atom. The summed E-state index contributed by atoms with van der Waals surface area (Å²) < 4.78 is 40.5. The highest BCUT2D eigenvalue weighted by atomic mass is 35.5. The highest BCUT2D eigenvalue weighted by Gasteiger charge is 2.18. The quantitative estimate of drug-likeness (QED) is 0.814. The number of hydrogen-bond acceptors (Lipinski definition) is 1. The molecule has 0 aromatic heterocycles. The fraction of sp³-hybridized carbons (Fsp3) is 0.0769. The molecule has 94 valence electrons. The van der Waals surface area contributed by atoms with E-state index in [1.807, 2.05) is 0 Å². The average molecular weight is 273 g/mol. The second kappa shape index (κ2) is 4.53. The standard InChI is InChI=1S/C13H8ClF3O/c1-6-2-3-7(10(14)11(6)15)8-4-5-9(18)13(17)12(8)16/h2-5,18H,1H3. The monoisotopic (exact) mass is 272 g/mol. The minimum Gasteiger partial charge on any atom is -0.505 e. The van der Waals surface area contributed by atoms with Gasteiger partial charge in [-0.25, -0.2) is 8.78 Å². The Hall–Kier alpha value is -1.68. The summed E-state index contributed by atoms with van der Waals surface area (Å²) in [5.41, 5.74) is 0.147. The first-order valence-corrected chi connectivity index (χ1v) is 5.43. The van der Waals surface area contributed by atoms with Gasteiger partial charge in [-0.1, -0.05) is 23.7 Å². The normalized spacial score (nSPS) is 10.7. The summed E-state index contributed by atoms with van der Waals surface area (Å²) in [6.45, 7) is 1.51. The number of benzene rings is 2. The van der Waals surface area contributed by atoms with E-state index >= 15 is 0 Å². The van der Waals surface area contributed by atoms with E-state index < -0.39 is 23.2 Å². The topological polar surface area (TPSA) is 20.2 Å². The molecule has 0 saturated heterocycles. The molecule has 18 heavy (non-hydrogen) atoms.